The van der Waals surface area contributed by atoms with Gasteiger partial charge in [0, 0.05) is 11.1 Å². The molecule has 0 spiro atoms. The zero-order chi connectivity index (χ0) is 17.1. The molecular weight excluding hydrogens is 334 g/mol. The first kappa shape index (κ1) is 14.3. The Balaban J connectivity index is 1.64. The summed E-state index contributed by atoms with van der Waals surface area (Å²) in [6, 6.07) is 13.2. The average molecular weight is 345 g/mol. The third-order valence-electron chi connectivity index (χ3n) is 4.36. The Morgan fingerprint density at radius 3 is 2.24 bits per heavy atom. The number of Topliss-reactive ketones (excluding diaryl/α,β-unsaturated/α-hetero) is 2. The van der Waals surface area contributed by atoms with Crippen LogP contribution in [-0.4, -0.2) is 16.6 Å². The summed E-state index contributed by atoms with van der Waals surface area (Å²) in [6.45, 7) is 1.86. The van der Waals surface area contributed by atoms with Gasteiger partial charge in [-0.2, -0.15) is 0 Å². The largest absolute Gasteiger partial charge is 0.442 e. The van der Waals surface area contributed by atoms with E-state index in [0.717, 1.165) is 21.2 Å². The second kappa shape index (κ2) is 4.97. The van der Waals surface area contributed by atoms with Crippen molar-refractivity contribution < 1.29 is 14.0 Å². The van der Waals surface area contributed by atoms with Gasteiger partial charge in [0.1, 0.15) is 10.8 Å². The fourth-order valence-corrected chi connectivity index (χ4v) is 4.12. The second-order valence-electron chi connectivity index (χ2n) is 6.04. The molecule has 5 rings (SSSR count). The molecule has 0 radical (unpaired) electrons. The van der Waals surface area contributed by atoms with E-state index >= 15 is 0 Å². The van der Waals surface area contributed by atoms with Crippen LogP contribution in [-0.2, 0) is 0 Å². The summed E-state index contributed by atoms with van der Waals surface area (Å²) in [5, 5.41) is 2.50. The number of aromatic nitrogens is 1. The molecule has 0 saturated carbocycles. The standard InChI is InChI=1S/C20H11NO3S/c1-10-6-16-20(24-10)21-17(25-16)9-15-18(22)13-7-11-4-2-3-5-12(11)8-14(13)19(15)23/h2-9H,1H3. The number of carbonyl (C=O) groups excluding carboxylic acids is 2. The van der Waals surface area contributed by atoms with Gasteiger partial charge in [-0.1, -0.05) is 24.3 Å². The summed E-state index contributed by atoms with van der Waals surface area (Å²) in [7, 11) is 0. The highest BCUT2D eigenvalue weighted by Gasteiger charge is 2.33. The molecule has 2 aromatic heterocycles. The second-order valence-corrected chi connectivity index (χ2v) is 7.10. The highest BCUT2D eigenvalue weighted by molar-refractivity contribution is 7.19. The molecule has 25 heavy (non-hydrogen) atoms. The van der Waals surface area contributed by atoms with Crippen molar-refractivity contribution >= 4 is 50.2 Å². The molecule has 0 N–H and O–H groups in total. The number of aryl methyl sites for hydroxylation is 1. The summed E-state index contributed by atoms with van der Waals surface area (Å²) in [4.78, 5) is 29.8. The first-order chi connectivity index (χ1) is 12.1. The number of allylic oxidation sites excluding steroid dienone is 1. The number of hydrogen-bond acceptors (Lipinski definition) is 5. The van der Waals surface area contributed by atoms with E-state index in [9.17, 15) is 9.59 Å². The molecule has 0 fully saturated rings. The van der Waals surface area contributed by atoms with E-state index in [-0.39, 0.29) is 17.1 Å². The molecule has 120 valence electrons. The molecule has 0 atom stereocenters. The van der Waals surface area contributed by atoms with Crippen LogP contribution in [0.1, 0.15) is 31.5 Å². The number of fused-ring (bicyclic) bond motifs is 3. The molecule has 0 saturated heterocycles. The van der Waals surface area contributed by atoms with Crippen LogP contribution in [0.5, 0.6) is 0 Å². The first-order valence-corrected chi connectivity index (χ1v) is 8.63. The first-order valence-electron chi connectivity index (χ1n) is 7.81. The van der Waals surface area contributed by atoms with E-state index in [4.69, 9.17) is 4.42 Å². The Kier molecular flexibility index (Phi) is 2.85. The van der Waals surface area contributed by atoms with Crippen molar-refractivity contribution in [1.82, 2.24) is 4.98 Å². The summed E-state index contributed by atoms with van der Waals surface area (Å²) in [5.41, 5.74) is 1.63. The van der Waals surface area contributed by atoms with Gasteiger partial charge in [0.25, 0.3) is 0 Å². The summed E-state index contributed by atoms with van der Waals surface area (Å²) in [5.74, 6) is 0.308. The minimum absolute atomic E-state index is 0.165. The van der Waals surface area contributed by atoms with Gasteiger partial charge in [-0.3, -0.25) is 9.59 Å². The van der Waals surface area contributed by atoms with Gasteiger partial charge in [-0.25, -0.2) is 4.98 Å². The Bertz CT molecular complexity index is 1150. The fourth-order valence-electron chi connectivity index (χ4n) is 3.19. The van der Waals surface area contributed by atoms with Gasteiger partial charge in [0.2, 0.25) is 5.71 Å². The quantitative estimate of drug-likeness (QED) is 0.367. The SMILES string of the molecule is Cc1cc2sc(C=C3C(=O)c4cc5ccccc5cc4C3=O)nc2o1. The summed E-state index contributed by atoms with van der Waals surface area (Å²) < 4.78 is 6.39. The van der Waals surface area contributed by atoms with E-state index in [1.54, 1.807) is 18.2 Å². The molecule has 2 aromatic carbocycles. The van der Waals surface area contributed by atoms with Crippen molar-refractivity contribution in [3.63, 3.8) is 0 Å². The number of carbonyl (C=O) groups is 2. The van der Waals surface area contributed by atoms with Crippen molar-refractivity contribution in [3.8, 4) is 0 Å². The van der Waals surface area contributed by atoms with Crippen LogP contribution < -0.4 is 0 Å². The smallest absolute Gasteiger partial charge is 0.237 e. The molecule has 0 amide bonds. The van der Waals surface area contributed by atoms with Gasteiger partial charge < -0.3 is 4.42 Å². The third kappa shape index (κ3) is 2.09. The lowest BCUT2D eigenvalue weighted by Gasteiger charge is -2.00. The Morgan fingerprint density at radius 2 is 1.64 bits per heavy atom. The lowest BCUT2D eigenvalue weighted by molar-refractivity contribution is 0.0990. The van der Waals surface area contributed by atoms with Crippen molar-refractivity contribution in [2.75, 3.05) is 0 Å². The Morgan fingerprint density at radius 1 is 1.00 bits per heavy atom. The van der Waals surface area contributed by atoms with Crippen LogP contribution in [0.15, 0.2) is 52.5 Å². The van der Waals surface area contributed by atoms with Gasteiger partial charge in [0.15, 0.2) is 11.6 Å². The molecule has 0 bridgehead atoms. The van der Waals surface area contributed by atoms with Crippen LogP contribution in [0.4, 0.5) is 0 Å². The number of rotatable bonds is 1. The molecule has 2 heterocycles. The van der Waals surface area contributed by atoms with Gasteiger partial charge >= 0.3 is 0 Å². The molecule has 1 aliphatic rings. The number of ketones is 2. The van der Waals surface area contributed by atoms with Gasteiger partial charge in [-0.05, 0) is 42.0 Å². The third-order valence-corrected chi connectivity index (χ3v) is 5.29. The maximum Gasteiger partial charge on any atom is 0.237 e. The van der Waals surface area contributed by atoms with Crippen molar-refractivity contribution in [2.24, 2.45) is 0 Å². The Hall–Kier alpha value is -3.05. The van der Waals surface area contributed by atoms with Crippen LogP contribution in [0.25, 0.3) is 27.3 Å². The van der Waals surface area contributed by atoms with E-state index < -0.39 is 0 Å². The number of hydrogen-bond donors (Lipinski definition) is 0. The van der Waals surface area contributed by atoms with Crippen molar-refractivity contribution in [1.29, 1.82) is 0 Å². The highest BCUT2D eigenvalue weighted by atomic mass is 32.1. The van der Waals surface area contributed by atoms with Crippen LogP contribution in [0.2, 0.25) is 0 Å². The highest BCUT2D eigenvalue weighted by Crippen LogP contribution is 2.33. The topological polar surface area (TPSA) is 60.2 Å². The molecular formula is C20H11NO3S. The van der Waals surface area contributed by atoms with Gasteiger partial charge in [-0.15, -0.1) is 11.3 Å². The predicted octanol–water partition coefficient (Wildman–Crippen LogP) is 4.81. The van der Waals surface area contributed by atoms with Crippen LogP contribution in [0.3, 0.4) is 0 Å². The monoisotopic (exact) mass is 345 g/mol. The number of benzene rings is 2. The molecule has 0 unspecified atom stereocenters. The van der Waals surface area contributed by atoms with Crippen molar-refractivity contribution in [3.05, 3.63) is 69.9 Å². The van der Waals surface area contributed by atoms with Crippen LogP contribution in [0, 0.1) is 6.92 Å². The van der Waals surface area contributed by atoms with E-state index in [0.29, 0.717) is 21.8 Å². The minimum Gasteiger partial charge on any atom is -0.442 e. The lowest BCUT2D eigenvalue weighted by Crippen LogP contribution is -2.00. The number of furan rings is 1. The molecule has 0 aliphatic heterocycles. The number of thiazole rings is 1. The normalized spacial score (nSPS) is 13.9. The zero-order valence-electron chi connectivity index (χ0n) is 13.2. The average Bonchev–Trinajstić information content (AvgIpc) is 3.20. The predicted molar refractivity (Wildman–Crippen MR) is 97.2 cm³/mol. The van der Waals surface area contributed by atoms with E-state index in [1.807, 2.05) is 37.3 Å². The fraction of sp³-hybridized carbons (Fsp3) is 0.0500. The van der Waals surface area contributed by atoms with E-state index in [1.165, 1.54) is 11.3 Å². The summed E-state index contributed by atoms with van der Waals surface area (Å²) >= 11 is 1.41. The molecule has 4 aromatic rings. The van der Waals surface area contributed by atoms with Gasteiger partial charge in [0.05, 0.1) is 10.3 Å². The summed E-state index contributed by atoms with van der Waals surface area (Å²) in [6.07, 6.45) is 1.57. The van der Waals surface area contributed by atoms with Crippen LogP contribution >= 0.6 is 11.3 Å². The maximum atomic E-state index is 12.7. The molecule has 5 heteroatoms. The molecule has 4 nitrogen and oxygen atoms in total. The molecule has 1 aliphatic carbocycles. The zero-order valence-corrected chi connectivity index (χ0v) is 14.0. The minimum atomic E-state index is -0.242. The number of nitrogens with zero attached hydrogens (tertiary/aromatic N) is 1. The van der Waals surface area contributed by atoms with E-state index in [2.05, 4.69) is 4.98 Å². The maximum absolute atomic E-state index is 12.7. The lowest BCUT2D eigenvalue weighted by atomic mass is 10.0. The Labute approximate surface area is 146 Å². The van der Waals surface area contributed by atoms with Crippen molar-refractivity contribution in [2.45, 2.75) is 6.92 Å².